The van der Waals surface area contributed by atoms with E-state index in [4.69, 9.17) is 5.14 Å². The van der Waals surface area contributed by atoms with E-state index < -0.39 is 10.0 Å². The molecule has 134 valence electrons. The summed E-state index contributed by atoms with van der Waals surface area (Å²) in [7, 11) is -3.65. The van der Waals surface area contributed by atoms with Crippen molar-refractivity contribution >= 4 is 21.5 Å². The van der Waals surface area contributed by atoms with Gasteiger partial charge >= 0.3 is 0 Å². The summed E-state index contributed by atoms with van der Waals surface area (Å²) in [6, 6.07) is 8.66. The molecule has 3 rings (SSSR count). The second-order valence-electron chi connectivity index (χ2n) is 6.44. The van der Waals surface area contributed by atoms with E-state index in [9.17, 15) is 8.42 Å². The third-order valence-corrected chi connectivity index (χ3v) is 5.24. The van der Waals surface area contributed by atoms with Gasteiger partial charge in [-0.15, -0.1) is 0 Å². The van der Waals surface area contributed by atoms with Crippen LogP contribution in [0.4, 0.5) is 11.5 Å². The van der Waals surface area contributed by atoms with E-state index >= 15 is 0 Å². The summed E-state index contributed by atoms with van der Waals surface area (Å²) < 4.78 is 22.7. The van der Waals surface area contributed by atoms with Crippen molar-refractivity contribution in [2.75, 3.05) is 36.0 Å². The highest BCUT2D eigenvalue weighted by molar-refractivity contribution is 7.89. The highest BCUT2D eigenvalue weighted by Gasteiger charge is 2.19. The zero-order chi connectivity index (χ0) is 18.0. The Hall–Kier alpha value is -2.19. The first-order valence-corrected chi connectivity index (χ1v) is 9.85. The number of hydrogen-bond acceptors (Lipinski definition) is 6. The molecule has 0 radical (unpaired) electrons. The molecule has 7 nitrogen and oxygen atoms in total. The number of nitrogens with two attached hydrogens (primary N) is 1. The molecule has 2 N–H and O–H groups in total. The lowest BCUT2D eigenvalue weighted by atomic mass is 10.2. The fourth-order valence-electron chi connectivity index (χ4n) is 2.86. The molecule has 2 aromatic rings. The molecular formula is C17H23N5O2S. The summed E-state index contributed by atoms with van der Waals surface area (Å²) in [6.07, 6.45) is 1.82. The third-order valence-electron chi connectivity index (χ3n) is 4.31. The lowest BCUT2D eigenvalue weighted by molar-refractivity contribution is 0.597. The van der Waals surface area contributed by atoms with Crippen molar-refractivity contribution in [2.45, 2.75) is 24.7 Å². The molecule has 0 bridgehead atoms. The van der Waals surface area contributed by atoms with Gasteiger partial charge in [0, 0.05) is 44.0 Å². The number of anilines is 2. The highest BCUT2D eigenvalue weighted by Crippen LogP contribution is 2.21. The summed E-state index contributed by atoms with van der Waals surface area (Å²) in [6.45, 7) is 7.56. The quantitative estimate of drug-likeness (QED) is 0.889. The van der Waals surface area contributed by atoms with Gasteiger partial charge in [-0.2, -0.15) is 0 Å². The number of rotatable bonds is 4. The molecule has 0 spiro atoms. The maximum atomic E-state index is 11.3. The fourth-order valence-corrected chi connectivity index (χ4v) is 3.37. The fraction of sp³-hybridized carbons (Fsp3) is 0.412. The van der Waals surface area contributed by atoms with Crippen molar-refractivity contribution in [1.29, 1.82) is 0 Å². The van der Waals surface area contributed by atoms with Crippen LogP contribution in [-0.4, -0.2) is 44.6 Å². The predicted molar refractivity (Wildman–Crippen MR) is 98.4 cm³/mol. The van der Waals surface area contributed by atoms with Crippen LogP contribution < -0.4 is 14.9 Å². The molecule has 1 aromatic carbocycles. The lowest BCUT2D eigenvalue weighted by Gasteiger charge is -2.36. The minimum absolute atomic E-state index is 0.136. The number of nitrogens with zero attached hydrogens (tertiary/aromatic N) is 4. The Kier molecular flexibility index (Phi) is 4.91. The maximum absolute atomic E-state index is 11.3. The molecule has 0 unspecified atom stereocenters. The first-order valence-electron chi connectivity index (χ1n) is 8.30. The lowest BCUT2D eigenvalue weighted by Crippen LogP contribution is -2.46. The molecule has 8 heteroatoms. The molecule has 25 heavy (non-hydrogen) atoms. The molecule has 1 aliphatic rings. The SMILES string of the molecule is CC(C)c1nccc(N2CCN(c3ccc(S(N)(=O)=O)cc3)CC2)n1. The number of piperazine rings is 1. The van der Waals surface area contributed by atoms with Crippen molar-refractivity contribution < 1.29 is 8.42 Å². The van der Waals surface area contributed by atoms with E-state index in [1.54, 1.807) is 24.3 Å². The van der Waals surface area contributed by atoms with Crippen LogP contribution in [0.3, 0.4) is 0 Å². The van der Waals surface area contributed by atoms with Crippen LogP contribution in [0.5, 0.6) is 0 Å². The molecule has 1 fully saturated rings. The summed E-state index contributed by atoms with van der Waals surface area (Å²) in [4.78, 5) is 13.6. The first-order chi connectivity index (χ1) is 11.8. The molecule has 1 saturated heterocycles. The monoisotopic (exact) mass is 361 g/mol. The van der Waals surface area contributed by atoms with Gasteiger partial charge in [0.2, 0.25) is 10.0 Å². The van der Waals surface area contributed by atoms with Gasteiger partial charge in [0.25, 0.3) is 0 Å². The Bertz CT molecular complexity index is 828. The molecule has 2 heterocycles. The minimum Gasteiger partial charge on any atom is -0.368 e. The van der Waals surface area contributed by atoms with Gasteiger partial charge in [-0.05, 0) is 30.3 Å². The third kappa shape index (κ3) is 4.08. The second-order valence-corrected chi connectivity index (χ2v) is 8.00. The van der Waals surface area contributed by atoms with Gasteiger partial charge in [-0.1, -0.05) is 13.8 Å². The average Bonchev–Trinajstić information content (AvgIpc) is 2.61. The van der Waals surface area contributed by atoms with Crippen LogP contribution in [0.2, 0.25) is 0 Å². The normalized spacial score (nSPS) is 15.7. The largest absolute Gasteiger partial charge is 0.368 e. The van der Waals surface area contributed by atoms with Gasteiger partial charge in [-0.3, -0.25) is 0 Å². The van der Waals surface area contributed by atoms with Gasteiger partial charge in [0.1, 0.15) is 11.6 Å². The molecular weight excluding hydrogens is 338 g/mol. The van der Waals surface area contributed by atoms with Gasteiger partial charge < -0.3 is 9.80 Å². The van der Waals surface area contributed by atoms with Crippen LogP contribution in [0, 0.1) is 0 Å². The summed E-state index contributed by atoms with van der Waals surface area (Å²) in [5.41, 5.74) is 0.998. The Labute approximate surface area is 148 Å². The van der Waals surface area contributed by atoms with Crippen LogP contribution in [0.25, 0.3) is 0 Å². The highest BCUT2D eigenvalue weighted by atomic mass is 32.2. The van der Waals surface area contributed by atoms with E-state index in [0.29, 0.717) is 5.92 Å². The number of hydrogen-bond donors (Lipinski definition) is 1. The smallest absolute Gasteiger partial charge is 0.238 e. The van der Waals surface area contributed by atoms with E-state index in [-0.39, 0.29) is 4.90 Å². The molecule has 0 saturated carbocycles. The van der Waals surface area contributed by atoms with Crippen molar-refractivity contribution in [3.05, 3.63) is 42.4 Å². The molecule has 0 amide bonds. The van der Waals surface area contributed by atoms with E-state index in [1.807, 2.05) is 12.3 Å². The van der Waals surface area contributed by atoms with Crippen LogP contribution >= 0.6 is 0 Å². The van der Waals surface area contributed by atoms with Gasteiger partial charge in [-0.25, -0.2) is 23.5 Å². The number of sulfonamides is 1. The summed E-state index contributed by atoms with van der Waals surface area (Å²) in [5, 5.41) is 5.14. The number of benzene rings is 1. The number of aromatic nitrogens is 2. The van der Waals surface area contributed by atoms with Crippen molar-refractivity contribution in [3.8, 4) is 0 Å². The molecule has 0 atom stereocenters. The molecule has 1 aromatic heterocycles. The Morgan fingerprint density at radius 2 is 1.60 bits per heavy atom. The van der Waals surface area contributed by atoms with E-state index in [2.05, 4.69) is 33.6 Å². The average molecular weight is 361 g/mol. The zero-order valence-electron chi connectivity index (χ0n) is 14.5. The Morgan fingerprint density at radius 3 is 2.16 bits per heavy atom. The Morgan fingerprint density at radius 1 is 1.00 bits per heavy atom. The van der Waals surface area contributed by atoms with Crippen molar-refractivity contribution in [1.82, 2.24) is 9.97 Å². The van der Waals surface area contributed by atoms with Crippen LogP contribution in [-0.2, 0) is 10.0 Å². The topological polar surface area (TPSA) is 92.4 Å². The molecule has 0 aliphatic carbocycles. The standard InChI is InChI=1S/C17H23N5O2S/c1-13(2)17-19-8-7-16(20-17)22-11-9-21(10-12-22)14-3-5-15(6-4-14)25(18,23)24/h3-8,13H,9-12H2,1-2H3,(H2,18,23,24). The zero-order valence-corrected chi connectivity index (χ0v) is 15.3. The van der Waals surface area contributed by atoms with Gasteiger partial charge in [0.15, 0.2) is 0 Å². The molecule has 1 aliphatic heterocycles. The first kappa shape index (κ1) is 17.6. The van der Waals surface area contributed by atoms with Crippen molar-refractivity contribution in [3.63, 3.8) is 0 Å². The minimum atomic E-state index is -3.65. The van der Waals surface area contributed by atoms with Crippen molar-refractivity contribution in [2.24, 2.45) is 5.14 Å². The van der Waals surface area contributed by atoms with E-state index in [1.165, 1.54) is 0 Å². The van der Waals surface area contributed by atoms with Crippen LogP contribution in [0.1, 0.15) is 25.6 Å². The van der Waals surface area contributed by atoms with Gasteiger partial charge in [0.05, 0.1) is 4.90 Å². The maximum Gasteiger partial charge on any atom is 0.238 e. The Balaban J connectivity index is 1.67. The predicted octanol–water partition coefficient (Wildman–Crippen LogP) is 1.57. The summed E-state index contributed by atoms with van der Waals surface area (Å²) >= 11 is 0. The van der Waals surface area contributed by atoms with E-state index in [0.717, 1.165) is 43.5 Å². The number of primary sulfonamides is 1. The van der Waals surface area contributed by atoms with Crippen LogP contribution in [0.15, 0.2) is 41.4 Å². The second kappa shape index (κ2) is 6.97. The summed E-state index contributed by atoms with van der Waals surface area (Å²) in [5.74, 6) is 2.13.